The van der Waals surface area contributed by atoms with E-state index in [1.807, 2.05) is 43.3 Å². The molecule has 1 unspecified atom stereocenters. The van der Waals surface area contributed by atoms with Crippen molar-refractivity contribution in [1.82, 2.24) is 9.78 Å². The molecule has 0 saturated heterocycles. The number of methoxy groups -OCH3 is 1. The molecule has 0 spiro atoms. The molecule has 8 heteroatoms. The van der Waals surface area contributed by atoms with Crippen LogP contribution in [0.1, 0.15) is 16.8 Å². The van der Waals surface area contributed by atoms with Crippen LogP contribution in [0.4, 0.5) is 0 Å². The molecule has 3 aromatic rings. The van der Waals surface area contributed by atoms with Gasteiger partial charge in [-0.3, -0.25) is 5.73 Å². The lowest BCUT2D eigenvalue weighted by Crippen LogP contribution is -2.33. The predicted molar refractivity (Wildman–Crippen MR) is 125 cm³/mol. The van der Waals surface area contributed by atoms with E-state index in [0.717, 1.165) is 15.7 Å². The third-order valence-electron chi connectivity index (χ3n) is 5.06. The average Bonchev–Trinajstić information content (AvgIpc) is 3.12. The number of aryl methyl sites for hydroxylation is 1. The third-order valence-corrected chi connectivity index (χ3v) is 5.59. The van der Waals surface area contributed by atoms with Crippen LogP contribution in [-0.2, 0) is 0 Å². The molecule has 2 heterocycles. The van der Waals surface area contributed by atoms with Gasteiger partial charge in [-0.05, 0) is 48.9 Å². The number of aromatic nitrogens is 2. The van der Waals surface area contributed by atoms with Crippen molar-refractivity contribution in [2.75, 3.05) is 13.7 Å². The first-order valence-corrected chi connectivity index (χ1v) is 10.6. The Labute approximate surface area is 194 Å². The van der Waals surface area contributed by atoms with Gasteiger partial charge in [0.2, 0.25) is 5.88 Å². The number of nitrogens with zero attached hydrogens (tertiary/aromatic N) is 3. The molecule has 0 radical (unpaired) electrons. The maximum atomic E-state index is 9.89. The van der Waals surface area contributed by atoms with Crippen LogP contribution in [0.25, 0.3) is 11.3 Å². The zero-order valence-electron chi connectivity index (χ0n) is 17.6. The van der Waals surface area contributed by atoms with Crippen LogP contribution in [-0.4, -0.2) is 29.7 Å². The van der Waals surface area contributed by atoms with Gasteiger partial charge in [0.15, 0.2) is 17.7 Å². The Hall–Kier alpha value is -3.54. The first kappa shape index (κ1) is 21.7. The minimum Gasteiger partial charge on any atom is -0.493 e. The number of fused-ring (bicyclic) bond motifs is 1. The van der Waals surface area contributed by atoms with Gasteiger partial charge in [0.05, 0.1) is 29.6 Å². The molecule has 1 aliphatic heterocycles. The van der Waals surface area contributed by atoms with Crippen molar-refractivity contribution in [3.8, 4) is 29.1 Å². The molecule has 1 aliphatic rings. The van der Waals surface area contributed by atoms with E-state index in [-0.39, 0.29) is 0 Å². The lowest BCUT2D eigenvalue weighted by molar-refractivity contribution is 0.228. The highest BCUT2D eigenvalue weighted by molar-refractivity contribution is 9.10. The molecule has 0 fully saturated rings. The largest absolute Gasteiger partial charge is 0.493 e. The summed E-state index contributed by atoms with van der Waals surface area (Å²) in [5.74, 6) is 1.60. The molecule has 32 heavy (non-hydrogen) atoms. The van der Waals surface area contributed by atoms with Crippen LogP contribution in [0, 0.1) is 18.3 Å². The van der Waals surface area contributed by atoms with Gasteiger partial charge < -0.3 is 14.2 Å². The first-order chi connectivity index (χ1) is 15.5. The van der Waals surface area contributed by atoms with E-state index in [0.29, 0.717) is 46.4 Å². The summed E-state index contributed by atoms with van der Waals surface area (Å²) in [6, 6.07) is 15.4. The smallest absolute Gasteiger partial charge is 0.226 e. The summed E-state index contributed by atoms with van der Waals surface area (Å²) in [6.07, 6.45) is 0.725. The summed E-state index contributed by atoms with van der Waals surface area (Å²) in [7, 11) is 1.57. The fraction of sp³-hybridized carbons (Fsp3) is 0.167. The fourth-order valence-corrected chi connectivity index (χ4v) is 3.89. The number of nitrogens with two attached hydrogens (primary N) is 1. The van der Waals surface area contributed by atoms with Gasteiger partial charge in [0.25, 0.3) is 0 Å². The second kappa shape index (κ2) is 8.91. The van der Waals surface area contributed by atoms with Gasteiger partial charge in [-0.1, -0.05) is 34.7 Å². The SMILES string of the molecule is C=CCOc1ccc(C2=C(C#N)C(N)Oc3c2c(C)nn3-c2ccc(Br)cc2)cc1OC. The van der Waals surface area contributed by atoms with Crippen molar-refractivity contribution in [2.45, 2.75) is 13.2 Å². The molecular weight excluding hydrogens is 472 g/mol. The minimum atomic E-state index is -0.935. The number of hydrogen-bond donors (Lipinski definition) is 1. The molecule has 1 aromatic heterocycles. The molecule has 7 nitrogen and oxygen atoms in total. The van der Waals surface area contributed by atoms with Crippen LogP contribution in [0.15, 0.2) is 65.2 Å². The van der Waals surface area contributed by atoms with E-state index >= 15 is 0 Å². The molecule has 4 rings (SSSR count). The quantitative estimate of drug-likeness (QED) is 0.508. The number of halogens is 1. The highest BCUT2D eigenvalue weighted by Gasteiger charge is 2.33. The molecule has 0 saturated carbocycles. The maximum absolute atomic E-state index is 9.89. The highest BCUT2D eigenvalue weighted by Crippen LogP contribution is 2.43. The Bertz CT molecular complexity index is 1260. The van der Waals surface area contributed by atoms with Crippen LogP contribution in [0.2, 0.25) is 0 Å². The van der Waals surface area contributed by atoms with Crippen molar-refractivity contribution in [1.29, 1.82) is 5.26 Å². The number of benzene rings is 2. The van der Waals surface area contributed by atoms with Crippen molar-refractivity contribution in [3.05, 3.63) is 82.0 Å². The number of nitriles is 1. The summed E-state index contributed by atoms with van der Waals surface area (Å²) in [5.41, 5.74) is 10.2. The van der Waals surface area contributed by atoms with E-state index in [1.54, 1.807) is 23.9 Å². The monoisotopic (exact) mass is 492 g/mol. The maximum Gasteiger partial charge on any atom is 0.226 e. The minimum absolute atomic E-state index is 0.317. The van der Waals surface area contributed by atoms with Crippen molar-refractivity contribution in [2.24, 2.45) is 5.73 Å². The molecule has 2 N–H and O–H groups in total. The lowest BCUT2D eigenvalue weighted by Gasteiger charge is -2.25. The first-order valence-electron chi connectivity index (χ1n) is 9.83. The number of hydrogen-bond acceptors (Lipinski definition) is 6. The molecule has 162 valence electrons. The highest BCUT2D eigenvalue weighted by atomic mass is 79.9. The summed E-state index contributed by atoms with van der Waals surface area (Å²) < 4.78 is 19.8. The van der Waals surface area contributed by atoms with E-state index in [1.165, 1.54) is 0 Å². The Morgan fingerprint density at radius 1 is 1.28 bits per heavy atom. The molecular formula is C24H21BrN4O3. The van der Waals surface area contributed by atoms with Gasteiger partial charge in [-0.25, -0.2) is 4.68 Å². The van der Waals surface area contributed by atoms with Gasteiger partial charge in [-0.15, -0.1) is 0 Å². The number of ether oxygens (including phenoxy) is 3. The van der Waals surface area contributed by atoms with Crippen molar-refractivity contribution in [3.63, 3.8) is 0 Å². The van der Waals surface area contributed by atoms with Gasteiger partial charge in [0, 0.05) is 10.0 Å². The lowest BCUT2D eigenvalue weighted by atomic mass is 9.91. The molecule has 0 aliphatic carbocycles. The summed E-state index contributed by atoms with van der Waals surface area (Å²) in [6.45, 7) is 5.90. The zero-order chi connectivity index (χ0) is 22.8. The molecule has 0 amide bonds. The Kier molecular flexibility index (Phi) is 6.04. The molecule has 1 atom stereocenters. The summed E-state index contributed by atoms with van der Waals surface area (Å²) in [5, 5.41) is 14.6. The van der Waals surface area contributed by atoms with E-state index in [2.05, 4.69) is 33.7 Å². The zero-order valence-corrected chi connectivity index (χ0v) is 19.2. The third kappa shape index (κ3) is 3.77. The standard InChI is InChI=1S/C24H21BrN4O3/c1-4-11-31-19-10-5-15(12-20(19)30-3)22-18(13-26)23(27)32-24-21(22)14(2)28-29(24)17-8-6-16(25)7-9-17/h4-10,12,23H,1,11,27H2,2-3H3. The van der Waals surface area contributed by atoms with E-state index in [4.69, 9.17) is 19.9 Å². The normalized spacial score (nSPS) is 14.9. The Morgan fingerprint density at radius 2 is 2.03 bits per heavy atom. The van der Waals surface area contributed by atoms with Gasteiger partial charge in [0.1, 0.15) is 12.7 Å². The molecule has 2 aromatic carbocycles. The van der Waals surface area contributed by atoms with Crippen LogP contribution < -0.4 is 19.9 Å². The van der Waals surface area contributed by atoms with Crippen LogP contribution in [0.3, 0.4) is 0 Å². The van der Waals surface area contributed by atoms with E-state index < -0.39 is 6.23 Å². The topological polar surface area (TPSA) is 95.3 Å². The van der Waals surface area contributed by atoms with Crippen molar-refractivity contribution < 1.29 is 14.2 Å². The van der Waals surface area contributed by atoms with Crippen molar-refractivity contribution >= 4 is 21.5 Å². The van der Waals surface area contributed by atoms with E-state index in [9.17, 15) is 5.26 Å². The second-order valence-corrected chi connectivity index (χ2v) is 7.97. The molecule has 0 bridgehead atoms. The Balaban J connectivity index is 1.90. The van der Waals surface area contributed by atoms with Gasteiger partial charge in [-0.2, -0.15) is 10.4 Å². The average molecular weight is 493 g/mol. The summed E-state index contributed by atoms with van der Waals surface area (Å²) >= 11 is 3.45. The predicted octanol–water partition coefficient (Wildman–Crippen LogP) is 4.52. The number of rotatable bonds is 6. The van der Waals surface area contributed by atoms with Gasteiger partial charge >= 0.3 is 0 Å². The summed E-state index contributed by atoms with van der Waals surface area (Å²) in [4.78, 5) is 0. The second-order valence-electron chi connectivity index (χ2n) is 7.06. The van der Waals surface area contributed by atoms with Crippen LogP contribution >= 0.6 is 15.9 Å². The Morgan fingerprint density at radius 3 is 2.69 bits per heavy atom. The van der Waals surface area contributed by atoms with Crippen LogP contribution in [0.5, 0.6) is 17.4 Å². The fourth-order valence-electron chi connectivity index (χ4n) is 3.63.